The van der Waals surface area contributed by atoms with Crippen molar-refractivity contribution in [3.8, 4) is 5.75 Å². The zero-order chi connectivity index (χ0) is 15.5. The van der Waals surface area contributed by atoms with Crippen LogP contribution in [0, 0.1) is 10.1 Å². The van der Waals surface area contributed by atoms with E-state index in [9.17, 15) is 18.5 Å². The lowest BCUT2D eigenvalue weighted by atomic mass is 10.1. The summed E-state index contributed by atoms with van der Waals surface area (Å²) in [4.78, 5) is 9.74. The van der Waals surface area contributed by atoms with Crippen molar-refractivity contribution in [2.45, 2.75) is 49.5 Å². The number of hydrogen-bond acceptors (Lipinski definition) is 5. The van der Waals surface area contributed by atoms with Gasteiger partial charge in [-0.1, -0.05) is 12.8 Å². The second-order valence-electron chi connectivity index (χ2n) is 5.06. The molecule has 0 radical (unpaired) electrons. The van der Waals surface area contributed by atoms with Gasteiger partial charge in [0, 0.05) is 22.8 Å². The van der Waals surface area contributed by atoms with Crippen LogP contribution >= 0.6 is 10.7 Å². The van der Waals surface area contributed by atoms with E-state index in [1.54, 1.807) is 0 Å². The van der Waals surface area contributed by atoms with E-state index in [1.165, 1.54) is 12.1 Å². The molecular formula is C13H16ClNO5S. The van der Waals surface area contributed by atoms with Crippen molar-refractivity contribution in [3.05, 3.63) is 28.3 Å². The van der Waals surface area contributed by atoms with Gasteiger partial charge in [-0.05, 0) is 31.7 Å². The van der Waals surface area contributed by atoms with Gasteiger partial charge >= 0.3 is 0 Å². The van der Waals surface area contributed by atoms with Crippen molar-refractivity contribution >= 4 is 25.4 Å². The highest BCUT2D eigenvalue weighted by molar-refractivity contribution is 8.13. The number of benzene rings is 1. The Morgan fingerprint density at radius 2 is 1.81 bits per heavy atom. The molecule has 0 saturated heterocycles. The average Bonchev–Trinajstić information content (AvgIpc) is 2.66. The normalized spacial score (nSPS) is 17.2. The summed E-state index contributed by atoms with van der Waals surface area (Å²) in [5, 5.41) is 10.8. The molecule has 1 saturated carbocycles. The highest BCUT2D eigenvalue weighted by Crippen LogP contribution is 2.33. The number of nitro groups is 1. The third-order valence-electron chi connectivity index (χ3n) is 3.50. The molecule has 0 aliphatic heterocycles. The van der Waals surface area contributed by atoms with E-state index >= 15 is 0 Å². The molecule has 6 nitrogen and oxygen atoms in total. The maximum atomic E-state index is 11.6. The number of nitro benzene ring substituents is 1. The van der Waals surface area contributed by atoms with Crippen LogP contribution in [0.25, 0.3) is 0 Å². The van der Waals surface area contributed by atoms with Gasteiger partial charge < -0.3 is 4.74 Å². The molecule has 1 aliphatic carbocycles. The van der Waals surface area contributed by atoms with Crippen molar-refractivity contribution in [2.24, 2.45) is 0 Å². The molecule has 1 aliphatic rings. The topological polar surface area (TPSA) is 86.5 Å². The standard InChI is InChI=1S/C13H16ClNO5S/c14-21(18,19)13-9-10(15(16)17)7-8-12(13)20-11-5-3-1-2-4-6-11/h7-9,11H,1-6H2. The Labute approximate surface area is 127 Å². The number of ether oxygens (including phenoxy) is 1. The first-order chi connectivity index (χ1) is 9.88. The van der Waals surface area contributed by atoms with E-state index in [-0.39, 0.29) is 22.4 Å². The van der Waals surface area contributed by atoms with E-state index in [0.29, 0.717) is 0 Å². The molecule has 0 heterocycles. The summed E-state index contributed by atoms with van der Waals surface area (Å²) in [6.07, 6.45) is 5.95. The molecule has 21 heavy (non-hydrogen) atoms. The van der Waals surface area contributed by atoms with Gasteiger partial charge in [-0.25, -0.2) is 8.42 Å². The van der Waals surface area contributed by atoms with Crippen molar-refractivity contribution in [1.82, 2.24) is 0 Å². The molecule has 0 unspecified atom stereocenters. The molecule has 0 amide bonds. The summed E-state index contributed by atoms with van der Waals surface area (Å²) < 4.78 is 28.9. The molecule has 0 aromatic heterocycles. The molecule has 1 fully saturated rings. The largest absolute Gasteiger partial charge is 0.489 e. The van der Waals surface area contributed by atoms with E-state index in [2.05, 4.69) is 0 Å². The highest BCUT2D eigenvalue weighted by Gasteiger charge is 2.24. The molecule has 1 aromatic rings. The summed E-state index contributed by atoms with van der Waals surface area (Å²) in [6, 6.07) is 3.46. The van der Waals surface area contributed by atoms with Gasteiger partial charge in [0.05, 0.1) is 11.0 Å². The lowest BCUT2D eigenvalue weighted by Gasteiger charge is -2.18. The van der Waals surface area contributed by atoms with Gasteiger partial charge in [-0.2, -0.15) is 0 Å². The second-order valence-corrected chi connectivity index (χ2v) is 7.59. The van der Waals surface area contributed by atoms with E-state index < -0.39 is 14.0 Å². The third-order valence-corrected chi connectivity index (χ3v) is 4.84. The lowest BCUT2D eigenvalue weighted by molar-refractivity contribution is -0.385. The zero-order valence-electron chi connectivity index (χ0n) is 11.3. The maximum absolute atomic E-state index is 11.6. The minimum atomic E-state index is -4.11. The van der Waals surface area contributed by atoms with Crippen molar-refractivity contribution in [2.75, 3.05) is 0 Å². The van der Waals surface area contributed by atoms with E-state index in [4.69, 9.17) is 15.4 Å². The Balaban J connectivity index is 2.31. The van der Waals surface area contributed by atoms with Crippen molar-refractivity contribution in [1.29, 1.82) is 0 Å². The van der Waals surface area contributed by atoms with E-state index in [0.717, 1.165) is 44.6 Å². The maximum Gasteiger partial charge on any atom is 0.271 e. The van der Waals surface area contributed by atoms with Crippen LogP contribution in [0.5, 0.6) is 5.75 Å². The number of nitrogens with zero attached hydrogens (tertiary/aromatic N) is 1. The molecule has 116 valence electrons. The Bertz CT molecular complexity index is 623. The van der Waals surface area contributed by atoms with Crippen LogP contribution in [-0.4, -0.2) is 19.4 Å². The predicted octanol–water partition coefficient (Wildman–Crippen LogP) is 3.62. The molecule has 0 bridgehead atoms. The molecule has 8 heteroatoms. The van der Waals surface area contributed by atoms with Crippen LogP contribution in [0.4, 0.5) is 5.69 Å². The van der Waals surface area contributed by atoms with Gasteiger partial charge in [0.2, 0.25) is 0 Å². The minimum Gasteiger partial charge on any atom is -0.489 e. The molecule has 2 rings (SSSR count). The Morgan fingerprint density at radius 3 is 2.33 bits per heavy atom. The number of non-ortho nitro benzene ring substituents is 1. The van der Waals surface area contributed by atoms with Gasteiger partial charge in [0.25, 0.3) is 14.7 Å². The van der Waals surface area contributed by atoms with Crippen LogP contribution in [0.2, 0.25) is 0 Å². The Hall–Kier alpha value is -1.34. The number of hydrogen-bond donors (Lipinski definition) is 0. The van der Waals surface area contributed by atoms with Crippen molar-refractivity contribution < 1.29 is 18.1 Å². The van der Waals surface area contributed by atoms with Gasteiger partial charge in [0.1, 0.15) is 10.6 Å². The monoisotopic (exact) mass is 333 g/mol. The average molecular weight is 334 g/mol. The fourth-order valence-electron chi connectivity index (χ4n) is 2.44. The predicted molar refractivity (Wildman–Crippen MR) is 78.3 cm³/mol. The van der Waals surface area contributed by atoms with Crippen LogP contribution < -0.4 is 4.74 Å². The Kier molecular flexibility index (Phi) is 5.05. The van der Waals surface area contributed by atoms with Crippen LogP contribution in [0.3, 0.4) is 0 Å². The summed E-state index contributed by atoms with van der Waals surface area (Å²) in [5.74, 6) is 0.0856. The molecule has 0 atom stereocenters. The summed E-state index contributed by atoms with van der Waals surface area (Å²) in [6.45, 7) is 0. The molecule has 0 N–H and O–H groups in total. The minimum absolute atomic E-state index is 0.0777. The number of halogens is 1. The molecule has 0 spiro atoms. The van der Waals surface area contributed by atoms with Gasteiger partial charge in [-0.3, -0.25) is 10.1 Å². The molecule has 1 aromatic carbocycles. The third kappa shape index (κ3) is 4.31. The zero-order valence-corrected chi connectivity index (χ0v) is 12.9. The quantitative estimate of drug-likeness (QED) is 0.363. The molecular weight excluding hydrogens is 318 g/mol. The van der Waals surface area contributed by atoms with Crippen LogP contribution in [0.1, 0.15) is 38.5 Å². The van der Waals surface area contributed by atoms with Gasteiger partial charge in [0.15, 0.2) is 0 Å². The Morgan fingerprint density at radius 1 is 1.19 bits per heavy atom. The summed E-state index contributed by atoms with van der Waals surface area (Å²) in [5.41, 5.74) is -0.331. The number of rotatable bonds is 4. The van der Waals surface area contributed by atoms with Crippen LogP contribution in [-0.2, 0) is 9.05 Å². The summed E-state index contributed by atoms with van der Waals surface area (Å²) >= 11 is 0. The first-order valence-electron chi connectivity index (χ1n) is 6.77. The van der Waals surface area contributed by atoms with Gasteiger partial charge in [-0.15, -0.1) is 0 Å². The first kappa shape index (κ1) is 16.0. The van der Waals surface area contributed by atoms with Crippen molar-refractivity contribution in [3.63, 3.8) is 0 Å². The fourth-order valence-corrected chi connectivity index (χ4v) is 3.42. The lowest BCUT2D eigenvalue weighted by Crippen LogP contribution is -2.16. The summed E-state index contributed by atoms with van der Waals surface area (Å²) in [7, 11) is 1.25. The first-order valence-corrected chi connectivity index (χ1v) is 9.08. The SMILES string of the molecule is O=[N+]([O-])c1ccc(OC2CCCCCC2)c(S(=O)(=O)Cl)c1. The fraction of sp³-hybridized carbons (Fsp3) is 0.538. The second kappa shape index (κ2) is 6.62. The highest BCUT2D eigenvalue weighted by atomic mass is 35.7. The van der Waals surface area contributed by atoms with Crippen LogP contribution in [0.15, 0.2) is 23.1 Å². The smallest absolute Gasteiger partial charge is 0.271 e. The van der Waals surface area contributed by atoms with E-state index in [1.807, 2.05) is 0 Å².